The van der Waals surface area contributed by atoms with E-state index in [1.807, 2.05) is 18.2 Å². The van der Waals surface area contributed by atoms with Gasteiger partial charge in [-0.3, -0.25) is 9.79 Å². The lowest BCUT2D eigenvalue weighted by atomic mass is 10.1. The van der Waals surface area contributed by atoms with E-state index in [9.17, 15) is 13.2 Å². The Morgan fingerprint density at radius 1 is 1.10 bits per heavy atom. The first kappa shape index (κ1) is 20.2. The number of carbonyl (C=O) groups excluding carboxylic acids is 1. The monoisotopic (exact) mass is 428 g/mol. The second kappa shape index (κ2) is 8.32. The molecule has 0 N–H and O–H groups in total. The van der Waals surface area contributed by atoms with Crippen molar-refractivity contribution in [1.29, 1.82) is 0 Å². The molecular weight excluding hydrogens is 404 g/mol. The number of carbonyl (C=O) groups is 1. The van der Waals surface area contributed by atoms with Gasteiger partial charge in [-0.05, 0) is 49.6 Å². The van der Waals surface area contributed by atoms with Gasteiger partial charge in [0.1, 0.15) is 0 Å². The third-order valence-corrected chi connectivity index (χ3v) is 8.10. The van der Waals surface area contributed by atoms with Crippen LogP contribution in [0.1, 0.15) is 29.3 Å². The molecule has 2 aliphatic rings. The van der Waals surface area contributed by atoms with E-state index in [1.165, 1.54) is 5.56 Å². The van der Waals surface area contributed by atoms with Crippen LogP contribution in [0.3, 0.4) is 0 Å². The van der Waals surface area contributed by atoms with Gasteiger partial charge in [0.05, 0.1) is 23.6 Å². The van der Waals surface area contributed by atoms with E-state index in [1.54, 1.807) is 30.8 Å². The van der Waals surface area contributed by atoms with Gasteiger partial charge in [0.25, 0.3) is 0 Å². The molecule has 2 aromatic carbocycles. The SMILES string of the molecule is CC(=O)c1ccc(N2C(SCCCc3ccccc3)=N[C@H]3CS(=O)(=O)C[C@@H]32)cc1. The Kier molecular flexibility index (Phi) is 5.79. The summed E-state index contributed by atoms with van der Waals surface area (Å²) in [5, 5.41) is 0.888. The van der Waals surface area contributed by atoms with Gasteiger partial charge in [-0.2, -0.15) is 0 Å². The zero-order chi connectivity index (χ0) is 20.4. The number of sulfone groups is 1. The summed E-state index contributed by atoms with van der Waals surface area (Å²) in [5.41, 5.74) is 2.87. The van der Waals surface area contributed by atoms with Crippen molar-refractivity contribution in [2.24, 2.45) is 4.99 Å². The molecule has 0 radical (unpaired) electrons. The van der Waals surface area contributed by atoms with Crippen LogP contribution >= 0.6 is 11.8 Å². The van der Waals surface area contributed by atoms with E-state index >= 15 is 0 Å². The highest BCUT2D eigenvalue weighted by atomic mass is 32.2. The summed E-state index contributed by atoms with van der Waals surface area (Å²) in [6.07, 6.45) is 2.04. The second-order valence-corrected chi connectivity index (χ2v) is 10.7. The summed E-state index contributed by atoms with van der Waals surface area (Å²) in [6.45, 7) is 1.54. The van der Waals surface area contributed by atoms with Gasteiger partial charge < -0.3 is 4.90 Å². The molecule has 2 atom stereocenters. The van der Waals surface area contributed by atoms with Gasteiger partial charge in [0.2, 0.25) is 0 Å². The first-order chi connectivity index (χ1) is 13.9. The number of fused-ring (bicyclic) bond motifs is 1. The van der Waals surface area contributed by atoms with Crippen molar-refractivity contribution >= 4 is 38.2 Å². The Balaban J connectivity index is 1.48. The van der Waals surface area contributed by atoms with Crippen LogP contribution in [0, 0.1) is 0 Å². The average Bonchev–Trinajstić information content (AvgIpc) is 3.17. The second-order valence-electron chi connectivity index (χ2n) is 7.53. The molecule has 0 spiro atoms. The molecular formula is C22H24N2O3S2. The molecule has 4 rings (SSSR count). The molecule has 2 aliphatic heterocycles. The molecule has 2 aromatic rings. The van der Waals surface area contributed by atoms with E-state index in [4.69, 9.17) is 4.99 Å². The van der Waals surface area contributed by atoms with Gasteiger partial charge in [-0.1, -0.05) is 42.1 Å². The fourth-order valence-corrected chi connectivity index (χ4v) is 6.78. The Morgan fingerprint density at radius 2 is 1.83 bits per heavy atom. The Hall–Kier alpha value is -2.12. The molecule has 0 saturated carbocycles. The van der Waals surface area contributed by atoms with Crippen molar-refractivity contribution in [3.63, 3.8) is 0 Å². The summed E-state index contributed by atoms with van der Waals surface area (Å²) in [4.78, 5) is 18.4. The van der Waals surface area contributed by atoms with Gasteiger partial charge in [-0.25, -0.2) is 8.42 Å². The van der Waals surface area contributed by atoms with Crippen LogP contribution < -0.4 is 4.90 Å². The maximum Gasteiger partial charge on any atom is 0.164 e. The smallest absolute Gasteiger partial charge is 0.164 e. The average molecular weight is 429 g/mol. The van der Waals surface area contributed by atoms with Gasteiger partial charge in [0.15, 0.2) is 20.8 Å². The topological polar surface area (TPSA) is 66.8 Å². The highest BCUT2D eigenvalue weighted by Gasteiger charge is 2.47. The molecule has 0 unspecified atom stereocenters. The molecule has 0 amide bonds. The fourth-order valence-electron chi connectivity index (χ4n) is 3.88. The van der Waals surface area contributed by atoms with E-state index in [0.717, 1.165) is 29.4 Å². The molecule has 152 valence electrons. The van der Waals surface area contributed by atoms with E-state index in [0.29, 0.717) is 5.56 Å². The van der Waals surface area contributed by atoms with Crippen LogP contribution in [0.5, 0.6) is 0 Å². The molecule has 0 aromatic heterocycles. The Morgan fingerprint density at radius 3 is 2.52 bits per heavy atom. The van der Waals surface area contributed by atoms with Crippen LogP contribution in [0.2, 0.25) is 0 Å². The zero-order valence-corrected chi connectivity index (χ0v) is 18.0. The lowest BCUT2D eigenvalue weighted by Crippen LogP contribution is -2.39. The Labute approximate surface area is 176 Å². The molecule has 1 saturated heterocycles. The number of ketones is 1. The summed E-state index contributed by atoms with van der Waals surface area (Å²) in [5.74, 6) is 1.18. The number of thioether (sulfide) groups is 1. The molecule has 0 bridgehead atoms. The predicted molar refractivity (Wildman–Crippen MR) is 120 cm³/mol. The highest BCUT2D eigenvalue weighted by Crippen LogP contribution is 2.35. The Bertz CT molecular complexity index is 1020. The summed E-state index contributed by atoms with van der Waals surface area (Å²) in [7, 11) is -3.06. The maximum atomic E-state index is 12.1. The van der Waals surface area contributed by atoms with Crippen LogP contribution in [0.4, 0.5) is 5.69 Å². The third-order valence-electron chi connectivity index (χ3n) is 5.34. The fraction of sp³-hybridized carbons (Fsp3) is 0.364. The van der Waals surface area contributed by atoms with Gasteiger partial charge in [-0.15, -0.1) is 0 Å². The lowest BCUT2D eigenvalue weighted by molar-refractivity contribution is 0.101. The minimum atomic E-state index is -3.06. The molecule has 0 aliphatic carbocycles. The number of hydrogen-bond acceptors (Lipinski definition) is 6. The number of hydrogen-bond donors (Lipinski definition) is 0. The molecule has 29 heavy (non-hydrogen) atoms. The lowest BCUT2D eigenvalue weighted by Gasteiger charge is -2.26. The number of aryl methyl sites for hydroxylation is 1. The van der Waals surface area contributed by atoms with Crippen molar-refractivity contribution in [2.45, 2.75) is 31.8 Å². The highest BCUT2D eigenvalue weighted by molar-refractivity contribution is 8.14. The van der Waals surface area contributed by atoms with Crippen molar-refractivity contribution in [1.82, 2.24) is 0 Å². The van der Waals surface area contributed by atoms with E-state index in [2.05, 4.69) is 29.2 Å². The van der Waals surface area contributed by atoms with E-state index < -0.39 is 9.84 Å². The van der Waals surface area contributed by atoms with Crippen LogP contribution in [0.25, 0.3) is 0 Å². The van der Waals surface area contributed by atoms with Crippen molar-refractivity contribution in [2.75, 3.05) is 22.2 Å². The number of anilines is 1. The molecule has 2 heterocycles. The minimum Gasteiger partial charge on any atom is -0.315 e. The van der Waals surface area contributed by atoms with Crippen molar-refractivity contribution in [3.8, 4) is 0 Å². The van der Waals surface area contributed by atoms with Crippen LogP contribution in [0.15, 0.2) is 59.6 Å². The molecule has 5 nitrogen and oxygen atoms in total. The summed E-state index contributed by atoms with van der Waals surface area (Å²) >= 11 is 1.69. The first-order valence-electron chi connectivity index (χ1n) is 9.78. The van der Waals surface area contributed by atoms with Crippen molar-refractivity contribution < 1.29 is 13.2 Å². The number of Topliss-reactive ketones (excluding diaryl/α,β-unsaturated/α-hetero) is 1. The minimum absolute atomic E-state index is 0.0171. The van der Waals surface area contributed by atoms with E-state index in [-0.39, 0.29) is 29.4 Å². The van der Waals surface area contributed by atoms with Crippen LogP contribution in [-0.2, 0) is 16.3 Å². The standard InChI is InChI=1S/C22H24N2O3S2/c1-16(25)18-9-11-19(12-10-18)24-21-15-29(26,27)14-20(21)23-22(24)28-13-5-8-17-6-3-2-4-7-17/h2-4,6-7,9-12,20-21H,5,8,13-15H2,1H3/t20-,21-/m0/s1. The zero-order valence-electron chi connectivity index (χ0n) is 16.3. The number of nitrogens with zero attached hydrogens (tertiary/aromatic N) is 2. The number of amidine groups is 1. The van der Waals surface area contributed by atoms with Gasteiger partial charge in [0, 0.05) is 17.0 Å². The third kappa shape index (κ3) is 4.56. The number of benzene rings is 2. The largest absolute Gasteiger partial charge is 0.315 e. The normalized spacial score (nSPS) is 22.4. The summed E-state index contributed by atoms with van der Waals surface area (Å²) < 4.78 is 24.3. The molecule has 7 heteroatoms. The maximum absolute atomic E-state index is 12.1. The molecule has 1 fully saturated rings. The van der Waals surface area contributed by atoms with Crippen molar-refractivity contribution in [3.05, 3.63) is 65.7 Å². The summed E-state index contributed by atoms with van der Waals surface area (Å²) in [6, 6.07) is 17.4. The number of rotatable bonds is 6. The number of aliphatic imine (C=N–C) groups is 1. The quantitative estimate of drug-likeness (QED) is 0.520. The van der Waals surface area contributed by atoms with Crippen LogP contribution in [-0.4, -0.2) is 48.7 Å². The predicted octanol–water partition coefficient (Wildman–Crippen LogP) is 3.60. The van der Waals surface area contributed by atoms with Gasteiger partial charge >= 0.3 is 0 Å². The first-order valence-corrected chi connectivity index (χ1v) is 12.6.